The van der Waals surface area contributed by atoms with E-state index in [1.54, 1.807) is 12.1 Å². The van der Waals surface area contributed by atoms with Crippen molar-refractivity contribution in [1.82, 2.24) is 0 Å². The van der Waals surface area contributed by atoms with Crippen LogP contribution in [0, 0.1) is 0 Å². The minimum absolute atomic E-state index is 0.451. The Morgan fingerprint density at radius 1 is 1.33 bits per heavy atom. The Morgan fingerprint density at radius 3 is 2.60 bits per heavy atom. The highest BCUT2D eigenvalue weighted by molar-refractivity contribution is 7.79. The van der Waals surface area contributed by atoms with Crippen LogP contribution < -0.4 is 0 Å². The maximum Gasteiger partial charge on any atom is 0.186 e. The molecule has 0 fully saturated rings. The number of benzene rings is 1. The van der Waals surface area contributed by atoms with Crippen LogP contribution in [0.5, 0.6) is 0 Å². The molecule has 80 valence electrons. The first-order valence-electron chi connectivity index (χ1n) is 4.98. The van der Waals surface area contributed by atoms with Gasteiger partial charge in [0, 0.05) is 18.7 Å². The van der Waals surface area contributed by atoms with E-state index in [0.717, 1.165) is 31.4 Å². The van der Waals surface area contributed by atoms with Crippen molar-refractivity contribution in [3.05, 3.63) is 29.8 Å². The topological polar surface area (TPSA) is 49.7 Å². The lowest BCUT2D eigenvalue weighted by atomic mass is 10.1. The number of hydrogen-bond donors (Lipinski definition) is 1. The molecular weight excluding hydrogens is 210 g/mol. The van der Waals surface area contributed by atoms with Gasteiger partial charge in [-0.2, -0.15) is 0 Å². The van der Waals surface area contributed by atoms with Crippen LogP contribution in [0.1, 0.15) is 18.4 Å². The largest absolute Gasteiger partial charge is 0.302 e. The summed E-state index contributed by atoms with van der Waals surface area (Å²) in [5.41, 5.74) is 2.40. The van der Waals surface area contributed by atoms with Crippen molar-refractivity contribution in [2.45, 2.75) is 24.2 Å². The maximum absolute atomic E-state index is 10.7. The lowest BCUT2D eigenvalue weighted by molar-refractivity contribution is 0.564. The van der Waals surface area contributed by atoms with Crippen LogP contribution in [0.25, 0.3) is 0 Å². The Kier molecular flexibility index (Phi) is 3.28. The van der Waals surface area contributed by atoms with Gasteiger partial charge in [0.2, 0.25) is 0 Å². The Balaban J connectivity index is 2.06. The molecule has 0 saturated carbocycles. The molecular formula is C11H13NO2S. The first-order valence-corrected chi connectivity index (χ1v) is 6.08. The highest BCUT2D eigenvalue weighted by Gasteiger charge is 2.07. The molecule has 1 aliphatic heterocycles. The van der Waals surface area contributed by atoms with Gasteiger partial charge in [-0.25, -0.2) is 4.21 Å². The Morgan fingerprint density at radius 2 is 2.07 bits per heavy atom. The zero-order valence-corrected chi connectivity index (χ0v) is 9.17. The maximum atomic E-state index is 10.7. The van der Waals surface area contributed by atoms with E-state index in [9.17, 15) is 4.21 Å². The van der Waals surface area contributed by atoms with Crippen molar-refractivity contribution in [3.63, 3.8) is 0 Å². The molecule has 1 unspecified atom stereocenters. The van der Waals surface area contributed by atoms with Gasteiger partial charge < -0.3 is 4.55 Å². The second-order valence-corrected chi connectivity index (χ2v) is 4.59. The summed E-state index contributed by atoms with van der Waals surface area (Å²) in [5.74, 6) is 0. The summed E-state index contributed by atoms with van der Waals surface area (Å²) in [6, 6.07) is 7.18. The molecule has 0 spiro atoms. The molecule has 1 aromatic rings. The summed E-state index contributed by atoms with van der Waals surface area (Å²) in [6.45, 7) is 0.952. The van der Waals surface area contributed by atoms with Crippen molar-refractivity contribution in [2.24, 2.45) is 4.99 Å². The summed E-state index contributed by atoms with van der Waals surface area (Å²) in [4.78, 5) is 4.85. The molecule has 0 amide bonds. The van der Waals surface area contributed by atoms with Gasteiger partial charge in [-0.15, -0.1) is 0 Å². The molecule has 0 saturated heterocycles. The average molecular weight is 223 g/mol. The Hall–Kier alpha value is -1.00. The zero-order valence-electron chi connectivity index (χ0n) is 8.35. The summed E-state index contributed by atoms with van der Waals surface area (Å²) in [5, 5.41) is 0. The van der Waals surface area contributed by atoms with Gasteiger partial charge in [0.15, 0.2) is 11.1 Å². The van der Waals surface area contributed by atoms with Gasteiger partial charge in [0.05, 0.1) is 4.90 Å². The molecule has 1 N–H and O–H groups in total. The number of aliphatic imine (C=N–C) groups is 1. The molecule has 4 heteroatoms. The molecule has 3 nitrogen and oxygen atoms in total. The summed E-state index contributed by atoms with van der Waals surface area (Å²) < 4.78 is 19.6. The SMILES string of the molecule is O=S(O)c1ccc(CC2=NCCC2)cc1. The van der Waals surface area contributed by atoms with E-state index in [1.165, 1.54) is 5.71 Å². The number of nitrogens with zero attached hydrogens (tertiary/aromatic N) is 1. The first-order chi connectivity index (χ1) is 7.25. The van der Waals surface area contributed by atoms with Crippen LogP contribution >= 0.6 is 0 Å². The molecule has 0 bridgehead atoms. The minimum Gasteiger partial charge on any atom is -0.302 e. The summed E-state index contributed by atoms with van der Waals surface area (Å²) in [7, 11) is 0. The fourth-order valence-electron chi connectivity index (χ4n) is 1.70. The van der Waals surface area contributed by atoms with E-state index in [-0.39, 0.29) is 0 Å². The third kappa shape index (κ3) is 2.73. The molecule has 1 atom stereocenters. The molecule has 0 aromatic heterocycles. The molecule has 1 heterocycles. The van der Waals surface area contributed by atoms with Gasteiger partial charge in [-0.3, -0.25) is 4.99 Å². The van der Waals surface area contributed by atoms with Crippen molar-refractivity contribution in [2.75, 3.05) is 6.54 Å². The van der Waals surface area contributed by atoms with Gasteiger partial charge in [0.25, 0.3) is 0 Å². The standard InChI is InChI=1S/C11H13NO2S/c13-15(14)11-5-3-9(4-6-11)8-10-2-1-7-12-10/h3-6H,1-2,7-8H2,(H,13,14). The normalized spacial score (nSPS) is 17.5. The average Bonchev–Trinajstić information content (AvgIpc) is 2.71. The van der Waals surface area contributed by atoms with Gasteiger partial charge >= 0.3 is 0 Å². The van der Waals surface area contributed by atoms with Gasteiger partial charge in [0.1, 0.15) is 0 Å². The lowest BCUT2D eigenvalue weighted by Gasteiger charge is -2.01. The molecule has 15 heavy (non-hydrogen) atoms. The highest BCUT2D eigenvalue weighted by Crippen LogP contribution is 2.12. The van der Waals surface area contributed by atoms with Gasteiger partial charge in [-0.1, -0.05) is 12.1 Å². The number of hydrogen-bond acceptors (Lipinski definition) is 2. The van der Waals surface area contributed by atoms with Crippen LogP contribution in [0.2, 0.25) is 0 Å². The van der Waals surface area contributed by atoms with Crippen molar-refractivity contribution in [1.29, 1.82) is 0 Å². The molecule has 0 aliphatic carbocycles. The second kappa shape index (κ2) is 4.68. The minimum atomic E-state index is -1.87. The highest BCUT2D eigenvalue weighted by atomic mass is 32.2. The van der Waals surface area contributed by atoms with E-state index in [1.807, 2.05) is 12.1 Å². The van der Waals surface area contributed by atoms with Crippen LogP contribution in [-0.4, -0.2) is 21.0 Å². The third-order valence-corrected chi connectivity index (χ3v) is 3.17. The fraction of sp³-hybridized carbons (Fsp3) is 0.364. The zero-order chi connectivity index (χ0) is 10.7. The van der Waals surface area contributed by atoms with Crippen molar-refractivity contribution < 1.29 is 8.76 Å². The summed E-state index contributed by atoms with van der Waals surface area (Å²) >= 11 is -1.87. The van der Waals surface area contributed by atoms with E-state index in [0.29, 0.717) is 4.90 Å². The first kappa shape index (κ1) is 10.5. The smallest absolute Gasteiger partial charge is 0.186 e. The molecule has 1 aromatic carbocycles. The lowest BCUT2D eigenvalue weighted by Crippen LogP contribution is -1.99. The van der Waals surface area contributed by atoms with E-state index in [4.69, 9.17) is 4.55 Å². The molecule has 2 rings (SSSR count). The van der Waals surface area contributed by atoms with E-state index >= 15 is 0 Å². The van der Waals surface area contributed by atoms with Crippen LogP contribution in [0.4, 0.5) is 0 Å². The van der Waals surface area contributed by atoms with E-state index < -0.39 is 11.1 Å². The quantitative estimate of drug-likeness (QED) is 0.797. The fourth-order valence-corrected chi connectivity index (χ4v) is 2.07. The van der Waals surface area contributed by atoms with Crippen molar-refractivity contribution in [3.8, 4) is 0 Å². The van der Waals surface area contributed by atoms with Crippen molar-refractivity contribution >= 4 is 16.8 Å². The predicted molar refractivity (Wildman–Crippen MR) is 60.7 cm³/mol. The van der Waals surface area contributed by atoms with Gasteiger partial charge in [-0.05, 0) is 30.5 Å². The van der Waals surface area contributed by atoms with E-state index in [2.05, 4.69) is 4.99 Å². The molecule has 1 aliphatic rings. The monoisotopic (exact) mass is 223 g/mol. The second-order valence-electron chi connectivity index (χ2n) is 3.62. The van der Waals surface area contributed by atoms with Crippen LogP contribution in [-0.2, 0) is 17.5 Å². The Bertz CT molecular complexity index is 398. The summed E-state index contributed by atoms with van der Waals surface area (Å²) in [6.07, 6.45) is 3.13. The molecule has 0 radical (unpaired) electrons. The van der Waals surface area contributed by atoms with Crippen LogP contribution in [0.15, 0.2) is 34.2 Å². The van der Waals surface area contributed by atoms with Crippen LogP contribution in [0.3, 0.4) is 0 Å². The number of rotatable bonds is 3. The Labute approximate surface area is 91.5 Å². The predicted octanol–water partition coefficient (Wildman–Crippen LogP) is 2.04. The third-order valence-electron chi connectivity index (χ3n) is 2.49.